The van der Waals surface area contributed by atoms with Gasteiger partial charge in [-0.25, -0.2) is 0 Å². The molecule has 0 bridgehead atoms. The second kappa shape index (κ2) is 4.65. The molecule has 0 aromatic carbocycles. The van der Waals surface area contributed by atoms with Gasteiger partial charge in [-0.05, 0) is 43.6 Å². The van der Waals surface area contributed by atoms with Gasteiger partial charge in [-0.15, -0.1) is 0 Å². The second-order valence-electron chi connectivity index (χ2n) is 10.4. The van der Waals surface area contributed by atoms with E-state index in [2.05, 4.69) is 6.92 Å². The van der Waals surface area contributed by atoms with Crippen LogP contribution in [0.15, 0.2) is 11.1 Å². The van der Waals surface area contributed by atoms with Gasteiger partial charge in [0, 0.05) is 35.5 Å². The third-order valence-corrected chi connectivity index (χ3v) is 10.0. The van der Waals surface area contributed by atoms with E-state index in [9.17, 15) is 5.11 Å². The largest absolute Gasteiger partial charge is 0.389 e. The Balaban J connectivity index is 1.36. The van der Waals surface area contributed by atoms with Gasteiger partial charge in [0.1, 0.15) is 0 Å². The van der Waals surface area contributed by atoms with Crippen LogP contribution < -0.4 is 0 Å². The number of fused-ring (bicyclic) bond motifs is 2. The molecule has 5 atom stereocenters. The first kappa shape index (κ1) is 16.3. The maximum absolute atomic E-state index is 11.3. The summed E-state index contributed by atoms with van der Waals surface area (Å²) in [5, 5.41) is 11.3. The Kier molecular flexibility index (Phi) is 2.81. The molecule has 7 aliphatic rings. The molecule has 2 aliphatic heterocycles. The average molecular weight is 374 g/mol. The summed E-state index contributed by atoms with van der Waals surface area (Å²) in [7, 11) is 0. The zero-order chi connectivity index (χ0) is 18.1. The van der Waals surface area contributed by atoms with Crippen molar-refractivity contribution in [2.24, 2.45) is 22.2 Å². The molecule has 2 saturated heterocycles. The number of allylic oxidation sites excluding steroid dienone is 1. The summed E-state index contributed by atoms with van der Waals surface area (Å²) >= 11 is 0. The van der Waals surface area contributed by atoms with E-state index < -0.39 is 5.79 Å². The van der Waals surface area contributed by atoms with Gasteiger partial charge in [0.25, 0.3) is 0 Å². The Bertz CT molecular complexity index is 748. The van der Waals surface area contributed by atoms with Crippen molar-refractivity contribution < 1.29 is 24.1 Å². The molecule has 27 heavy (non-hydrogen) atoms. The van der Waals surface area contributed by atoms with Gasteiger partial charge in [0.05, 0.1) is 32.5 Å². The molecule has 6 fully saturated rings. The van der Waals surface area contributed by atoms with Gasteiger partial charge in [-0.3, -0.25) is 0 Å². The molecule has 0 aromatic heterocycles. The maximum atomic E-state index is 11.3. The van der Waals surface area contributed by atoms with Crippen LogP contribution in [0.2, 0.25) is 0 Å². The smallest absolute Gasteiger partial charge is 0.174 e. The third kappa shape index (κ3) is 1.49. The molecule has 3 unspecified atom stereocenters. The zero-order valence-corrected chi connectivity index (χ0v) is 16.2. The van der Waals surface area contributed by atoms with Gasteiger partial charge in [-0.2, -0.15) is 0 Å². The predicted molar refractivity (Wildman–Crippen MR) is 95.7 cm³/mol. The molecular formula is C22H30O5. The lowest BCUT2D eigenvalue weighted by Crippen LogP contribution is -2.74. The van der Waals surface area contributed by atoms with Crippen LogP contribution in [0, 0.1) is 22.2 Å². The van der Waals surface area contributed by atoms with Crippen molar-refractivity contribution in [1.29, 1.82) is 0 Å². The first-order valence-corrected chi connectivity index (χ1v) is 11.0. The molecule has 2 heterocycles. The lowest BCUT2D eigenvalue weighted by molar-refractivity contribution is -0.293. The highest BCUT2D eigenvalue weighted by Crippen LogP contribution is 2.87. The number of rotatable bonds is 0. The Labute approximate surface area is 160 Å². The zero-order valence-electron chi connectivity index (χ0n) is 16.2. The molecule has 0 radical (unpaired) electrons. The molecule has 5 nitrogen and oxygen atoms in total. The monoisotopic (exact) mass is 374 g/mol. The average Bonchev–Trinajstić information content (AvgIpc) is 3.36. The molecule has 4 spiro atoms. The van der Waals surface area contributed by atoms with Crippen LogP contribution in [0.1, 0.15) is 58.3 Å². The lowest BCUT2D eigenvalue weighted by Gasteiger charge is -2.79. The van der Waals surface area contributed by atoms with Crippen molar-refractivity contribution in [2.75, 3.05) is 26.4 Å². The number of aliphatic hydroxyl groups is 1. The van der Waals surface area contributed by atoms with Gasteiger partial charge < -0.3 is 24.1 Å². The fraction of sp³-hybridized carbons (Fsp3) is 0.909. The normalized spacial score (nSPS) is 53.6. The second-order valence-corrected chi connectivity index (χ2v) is 10.4. The van der Waals surface area contributed by atoms with E-state index >= 15 is 0 Å². The van der Waals surface area contributed by atoms with Crippen molar-refractivity contribution in [2.45, 2.75) is 76.0 Å². The fourth-order valence-electron chi connectivity index (χ4n) is 9.23. The summed E-state index contributed by atoms with van der Waals surface area (Å²) < 4.78 is 24.8. The van der Waals surface area contributed by atoms with Crippen LogP contribution in [0.25, 0.3) is 0 Å². The third-order valence-electron chi connectivity index (χ3n) is 10.0. The maximum Gasteiger partial charge on any atom is 0.174 e. The summed E-state index contributed by atoms with van der Waals surface area (Å²) in [6.07, 6.45) is 7.99. The van der Waals surface area contributed by atoms with Crippen LogP contribution in [0.4, 0.5) is 0 Å². The van der Waals surface area contributed by atoms with Crippen molar-refractivity contribution >= 4 is 0 Å². The molecule has 7 rings (SSSR count). The Morgan fingerprint density at radius 3 is 2.37 bits per heavy atom. The first-order valence-electron chi connectivity index (χ1n) is 11.0. The molecule has 0 aromatic rings. The summed E-state index contributed by atoms with van der Waals surface area (Å²) in [6.45, 7) is 5.17. The topological polar surface area (TPSA) is 57.2 Å². The quantitative estimate of drug-likeness (QED) is 0.661. The Morgan fingerprint density at radius 2 is 1.67 bits per heavy atom. The van der Waals surface area contributed by atoms with Crippen molar-refractivity contribution in [3.8, 4) is 0 Å². The van der Waals surface area contributed by atoms with Crippen molar-refractivity contribution in [3.63, 3.8) is 0 Å². The minimum absolute atomic E-state index is 0.104. The molecule has 1 N–H and O–H groups in total. The Morgan fingerprint density at radius 1 is 0.926 bits per heavy atom. The minimum Gasteiger partial charge on any atom is -0.389 e. The van der Waals surface area contributed by atoms with Crippen LogP contribution >= 0.6 is 0 Å². The van der Waals surface area contributed by atoms with E-state index in [0.717, 1.165) is 51.7 Å². The van der Waals surface area contributed by atoms with E-state index in [4.69, 9.17) is 18.9 Å². The lowest BCUT2D eigenvalue weighted by atomic mass is 9.25. The molecule has 148 valence electrons. The van der Waals surface area contributed by atoms with Gasteiger partial charge in [-0.1, -0.05) is 12.5 Å². The number of hydrogen-bond acceptors (Lipinski definition) is 5. The molecular weight excluding hydrogens is 344 g/mol. The van der Waals surface area contributed by atoms with E-state index in [1.807, 2.05) is 0 Å². The molecule has 5 heteroatoms. The van der Waals surface area contributed by atoms with Crippen LogP contribution in [-0.4, -0.2) is 49.2 Å². The van der Waals surface area contributed by atoms with Gasteiger partial charge in [0.15, 0.2) is 11.6 Å². The van der Waals surface area contributed by atoms with Gasteiger partial charge >= 0.3 is 0 Å². The highest BCUT2D eigenvalue weighted by Gasteiger charge is 2.82. The van der Waals surface area contributed by atoms with Crippen molar-refractivity contribution in [1.82, 2.24) is 0 Å². The molecule has 0 amide bonds. The van der Waals surface area contributed by atoms with E-state index in [1.54, 1.807) is 5.57 Å². The van der Waals surface area contributed by atoms with Crippen LogP contribution in [0.3, 0.4) is 0 Å². The van der Waals surface area contributed by atoms with E-state index in [1.165, 1.54) is 18.4 Å². The summed E-state index contributed by atoms with van der Waals surface area (Å²) in [4.78, 5) is 0. The summed E-state index contributed by atoms with van der Waals surface area (Å²) in [5.41, 5.74) is 3.22. The van der Waals surface area contributed by atoms with Gasteiger partial charge in [0.2, 0.25) is 0 Å². The molecule has 4 saturated carbocycles. The number of hydrogen-bond donors (Lipinski definition) is 1. The standard InChI is InChI=1S/C22H30O5/c1-18-12-15(23)17-14-2-4-20(24-8-9-25-20)13-19(14)6-7-21(17,19)16(18)3-5-22(18)26-10-11-27-22/h15-16,23H,2-13H2,1H3/t15?,16-,18?,19?,21+/m1/s1. The highest BCUT2D eigenvalue weighted by molar-refractivity contribution is 5.55. The van der Waals surface area contributed by atoms with Crippen molar-refractivity contribution in [3.05, 3.63) is 11.1 Å². The van der Waals surface area contributed by atoms with E-state index in [0.29, 0.717) is 19.1 Å². The highest BCUT2D eigenvalue weighted by atomic mass is 16.7. The van der Waals surface area contributed by atoms with Crippen LogP contribution in [0.5, 0.6) is 0 Å². The van der Waals surface area contributed by atoms with E-state index in [-0.39, 0.29) is 28.1 Å². The predicted octanol–water partition coefficient (Wildman–Crippen LogP) is 2.91. The molecule has 5 aliphatic carbocycles. The SMILES string of the molecule is CC12CC(O)C3=C4CCC5(CC46CC[C@]36[C@@H]1CCC21OCCO1)OCCO5. The Hall–Kier alpha value is -0.460. The first-order chi connectivity index (χ1) is 13.0. The van der Waals surface area contributed by atoms with Crippen LogP contribution in [-0.2, 0) is 18.9 Å². The number of aliphatic hydroxyl groups excluding tert-OH is 1. The summed E-state index contributed by atoms with van der Waals surface area (Å²) in [6, 6.07) is 0. The fourth-order valence-corrected chi connectivity index (χ4v) is 9.23. The minimum atomic E-state index is -0.474. The summed E-state index contributed by atoms with van der Waals surface area (Å²) in [5.74, 6) is -0.300. The number of ether oxygens (including phenoxy) is 4.